The molecule has 0 saturated carbocycles. The first-order valence-corrected chi connectivity index (χ1v) is 11.8. The molecule has 3 N–H and O–H groups in total. The zero-order valence-corrected chi connectivity index (χ0v) is 20.7. The Hall–Kier alpha value is -2.61. The van der Waals surface area contributed by atoms with Gasteiger partial charge in [-0.25, -0.2) is 0 Å². The number of carboxylic acid groups (broad SMARTS) is 1. The summed E-state index contributed by atoms with van der Waals surface area (Å²) in [6.45, 7) is 7.51. The van der Waals surface area contributed by atoms with E-state index in [-0.39, 0.29) is 18.9 Å². The quantitative estimate of drug-likeness (QED) is 0.309. The number of carboxylic acids is 1. The normalized spacial score (nSPS) is 13.9. The molecule has 3 unspecified atom stereocenters. The zero-order valence-electron chi connectivity index (χ0n) is 20.7. The molecule has 0 radical (unpaired) electrons. The van der Waals surface area contributed by atoms with Gasteiger partial charge >= 0.3 is 5.97 Å². The Bertz CT molecular complexity index is 857. The average molecular weight is 474 g/mol. The Kier molecular flexibility index (Phi) is 11.9. The third kappa shape index (κ3) is 9.33. The zero-order chi connectivity index (χ0) is 24.9. The van der Waals surface area contributed by atoms with Crippen molar-refractivity contribution in [2.45, 2.75) is 52.4 Å². The third-order valence-electron chi connectivity index (χ3n) is 5.78. The lowest BCUT2D eigenvalue weighted by Crippen LogP contribution is -2.40. The van der Waals surface area contributed by atoms with Gasteiger partial charge in [-0.3, -0.25) is 4.79 Å². The van der Waals surface area contributed by atoms with E-state index in [9.17, 15) is 15.0 Å². The van der Waals surface area contributed by atoms with E-state index in [0.717, 1.165) is 29.0 Å². The van der Waals surface area contributed by atoms with Crippen molar-refractivity contribution in [3.8, 4) is 5.75 Å². The molecule has 0 amide bonds. The van der Waals surface area contributed by atoms with Crippen LogP contribution in [-0.4, -0.2) is 55.3 Å². The summed E-state index contributed by atoms with van der Waals surface area (Å²) in [4.78, 5) is 11.6. The predicted molar refractivity (Wildman–Crippen MR) is 133 cm³/mol. The van der Waals surface area contributed by atoms with Crippen LogP contribution in [0.5, 0.6) is 5.75 Å². The third-order valence-corrected chi connectivity index (χ3v) is 5.78. The number of carbonyl (C=O) groups is 1. The van der Waals surface area contributed by atoms with Gasteiger partial charge in [-0.05, 0) is 48.6 Å². The Balaban J connectivity index is 2.02. The van der Waals surface area contributed by atoms with Gasteiger partial charge in [0.2, 0.25) is 0 Å². The monoisotopic (exact) mass is 473 g/mol. The van der Waals surface area contributed by atoms with Crippen LogP contribution in [0.15, 0.2) is 48.5 Å². The molecule has 0 aromatic heterocycles. The minimum absolute atomic E-state index is 0.0830. The van der Waals surface area contributed by atoms with Crippen molar-refractivity contribution < 1.29 is 29.2 Å². The molecule has 0 fully saturated rings. The smallest absolute Gasteiger partial charge is 0.306 e. The molecular formula is C27H39NO6. The fourth-order valence-corrected chi connectivity index (χ4v) is 3.66. The van der Waals surface area contributed by atoms with Crippen molar-refractivity contribution in [3.63, 3.8) is 0 Å². The van der Waals surface area contributed by atoms with Crippen molar-refractivity contribution in [2.24, 2.45) is 11.8 Å². The number of hydrogen-bond acceptors (Lipinski definition) is 6. The summed E-state index contributed by atoms with van der Waals surface area (Å²) in [5, 5.41) is 23.8. The maximum atomic E-state index is 11.6. The molecule has 0 aliphatic heterocycles. The van der Waals surface area contributed by atoms with E-state index < -0.39 is 24.0 Å². The number of aliphatic hydroxyl groups excluding tert-OH is 1. The molecule has 7 nitrogen and oxygen atoms in total. The maximum Gasteiger partial charge on any atom is 0.306 e. The highest BCUT2D eigenvalue weighted by molar-refractivity contribution is 5.70. The number of nitrogens with one attached hydrogen (secondary N) is 1. The Morgan fingerprint density at radius 1 is 1.09 bits per heavy atom. The van der Waals surface area contributed by atoms with Gasteiger partial charge in [-0.2, -0.15) is 0 Å². The second kappa shape index (κ2) is 14.6. The summed E-state index contributed by atoms with van der Waals surface area (Å²) in [5.74, 6) is -0.797. The van der Waals surface area contributed by atoms with E-state index in [1.165, 1.54) is 0 Å². The van der Waals surface area contributed by atoms with E-state index in [2.05, 4.69) is 5.32 Å². The molecule has 2 aromatic rings. The summed E-state index contributed by atoms with van der Waals surface area (Å²) < 4.78 is 16.9. The van der Waals surface area contributed by atoms with Crippen molar-refractivity contribution in [1.82, 2.24) is 0 Å². The van der Waals surface area contributed by atoms with Crippen molar-refractivity contribution in [3.05, 3.63) is 59.7 Å². The molecule has 2 aromatic carbocycles. The lowest BCUT2D eigenvalue weighted by atomic mass is 9.88. The number of ether oxygens (including phenoxy) is 3. The lowest BCUT2D eigenvalue weighted by Gasteiger charge is -2.28. The SMILES string of the molecule is COCCCOc1cc(COCC(Nc2ccccc2)C(O)CC(C(=O)O)C(C)C)ccc1C. The maximum absolute atomic E-state index is 11.6. The second-order valence-electron chi connectivity index (χ2n) is 8.92. The molecule has 0 heterocycles. The highest BCUT2D eigenvalue weighted by atomic mass is 16.5. The summed E-state index contributed by atoms with van der Waals surface area (Å²) in [6.07, 6.45) is 0.0707. The fourth-order valence-electron chi connectivity index (χ4n) is 3.66. The van der Waals surface area contributed by atoms with Gasteiger partial charge in [-0.1, -0.05) is 44.2 Å². The van der Waals surface area contributed by atoms with Crippen LogP contribution in [0.4, 0.5) is 5.69 Å². The number of methoxy groups -OCH3 is 1. The largest absolute Gasteiger partial charge is 0.493 e. The van der Waals surface area contributed by atoms with E-state index in [4.69, 9.17) is 14.2 Å². The summed E-state index contributed by atoms with van der Waals surface area (Å²) in [5.41, 5.74) is 2.85. The molecule has 2 rings (SSSR count). The average Bonchev–Trinajstić information content (AvgIpc) is 2.81. The summed E-state index contributed by atoms with van der Waals surface area (Å²) in [6, 6.07) is 15.0. The molecule has 0 spiro atoms. The van der Waals surface area contributed by atoms with Gasteiger partial charge in [0.05, 0.1) is 37.9 Å². The van der Waals surface area contributed by atoms with Crippen LogP contribution >= 0.6 is 0 Å². The molecule has 7 heteroatoms. The number of anilines is 1. The first kappa shape index (κ1) is 27.6. The topological polar surface area (TPSA) is 97.3 Å². The van der Waals surface area contributed by atoms with Gasteiger partial charge in [0.1, 0.15) is 5.75 Å². The molecular weight excluding hydrogens is 434 g/mol. The van der Waals surface area contributed by atoms with E-state index in [1.54, 1.807) is 7.11 Å². The molecule has 0 saturated heterocycles. The molecule has 0 aliphatic rings. The van der Waals surface area contributed by atoms with Crippen molar-refractivity contribution >= 4 is 11.7 Å². The van der Waals surface area contributed by atoms with Crippen LogP contribution in [-0.2, 0) is 20.9 Å². The van der Waals surface area contributed by atoms with Crippen molar-refractivity contribution in [1.29, 1.82) is 0 Å². The summed E-state index contributed by atoms with van der Waals surface area (Å²) in [7, 11) is 1.67. The molecule has 34 heavy (non-hydrogen) atoms. The number of rotatable bonds is 16. The first-order valence-electron chi connectivity index (χ1n) is 11.8. The van der Waals surface area contributed by atoms with Gasteiger partial charge in [-0.15, -0.1) is 0 Å². The Morgan fingerprint density at radius 2 is 1.82 bits per heavy atom. The van der Waals surface area contributed by atoms with E-state index >= 15 is 0 Å². The number of benzene rings is 2. The molecule has 0 bridgehead atoms. The van der Waals surface area contributed by atoms with Gasteiger partial charge < -0.3 is 29.7 Å². The van der Waals surface area contributed by atoms with Crippen LogP contribution in [0.25, 0.3) is 0 Å². The molecule has 0 aliphatic carbocycles. The van der Waals surface area contributed by atoms with Gasteiger partial charge in [0, 0.05) is 25.8 Å². The standard InChI is InChI=1S/C27H39NO6/c1-19(2)23(27(30)31)16-25(29)24(28-22-9-6-5-7-10-22)18-33-17-21-12-11-20(3)26(15-21)34-14-8-13-32-4/h5-7,9-12,15,19,23-25,28-29H,8,13-14,16-18H2,1-4H3,(H,30,31). The van der Waals surface area contributed by atoms with Gasteiger partial charge in [0.25, 0.3) is 0 Å². The minimum Gasteiger partial charge on any atom is -0.493 e. The highest BCUT2D eigenvalue weighted by Gasteiger charge is 2.29. The van der Waals surface area contributed by atoms with E-state index in [1.807, 2.05) is 69.3 Å². The van der Waals surface area contributed by atoms with Crippen LogP contribution in [0.3, 0.4) is 0 Å². The van der Waals surface area contributed by atoms with Crippen LogP contribution < -0.4 is 10.1 Å². The molecule has 188 valence electrons. The van der Waals surface area contributed by atoms with Crippen molar-refractivity contribution in [2.75, 3.05) is 32.2 Å². The first-order chi connectivity index (χ1) is 16.3. The van der Waals surface area contributed by atoms with Crippen LogP contribution in [0.1, 0.15) is 37.8 Å². The highest BCUT2D eigenvalue weighted by Crippen LogP contribution is 2.23. The van der Waals surface area contributed by atoms with E-state index in [0.29, 0.717) is 19.8 Å². The number of para-hydroxylation sites is 1. The fraction of sp³-hybridized carbons (Fsp3) is 0.519. The van der Waals surface area contributed by atoms with Crippen LogP contribution in [0.2, 0.25) is 0 Å². The Labute approximate surface area is 203 Å². The lowest BCUT2D eigenvalue weighted by molar-refractivity contribution is -0.144. The summed E-state index contributed by atoms with van der Waals surface area (Å²) >= 11 is 0. The number of hydrogen-bond donors (Lipinski definition) is 3. The number of aryl methyl sites for hydroxylation is 1. The molecule has 3 atom stereocenters. The Morgan fingerprint density at radius 3 is 2.47 bits per heavy atom. The van der Waals surface area contributed by atoms with Crippen LogP contribution in [0, 0.1) is 18.8 Å². The number of aliphatic carboxylic acids is 1. The second-order valence-corrected chi connectivity index (χ2v) is 8.92. The predicted octanol–water partition coefficient (Wildman–Crippen LogP) is 4.52. The minimum atomic E-state index is -0.897. The van der Waals surface area contributed by atoms with Gasteiger partial charge in [0.15, 0.2) is 0 Å². The number of aliphatic hydroxyl groups is 1.